The summed E-state index contributed by atoms with van der Waals surface area (Å²) in [5.41, 5.74) is 1.45. The average molecular weight is 267 g/mol. The van der Waals surface area contributed by atoms with Crippen molar-refractivity contribution < 1.29 is 14.2 Å². The van der Waals surface area contributed by atoms with Crippen molar-refractivity contribution in [1.29, 1.82) is 0 Å². The first-order valence-electron chi connectivity index (χ1n) is 5.45. The molecule has 0 heterocycles. The van der Waals surface area contributed by atoms with Crippen LogP contribution in [0.15, 0.2) is 42.5 Å². The van der Waals surface area contributed by atoms with E-state index in [-0.39, 0.29) is 19.0 Å². The number of ether oxygens (including phenoxy) is 1. The lowest BCUT2D eigenvalue weighted by atomic mass is 10.2. The molecule has 0 saturated heterocycles. The van der Waals surface area contributed by atoms with Gasteiger partial charge in [0.25, 0.3) is 0 Å². The van der Waals surface area contributed by atoms with Gasteiger partial charge in [0, 0.05) is 0 Å². The Balaban J connectivity index is 2.06. The molecule has 0 saturated carbocycles. The molecule has 0 aromatic heterocycles. The van der Waals surface area contributed by atoms with Gasteiger partial charge in [-0.05, 0) is 35.4 Å². The van der Waals surface area contributed by atoms with Gasteiger partial charge in [-0.2, -0.15) is 0 Å². The van der Waals surface area contributed by atoms with E-state index in [1.54, 1.807) is 30.3 Å². The van der Waals surface area contributed by atoms with Crippen molar-refractivity contribution in [1.82, 2.24) is 0 Å². The quantitative estimate of drug-likeness (QED) is 0.917. The molecule has 2 aromatic rings. The van der Waals surface area contributed by atoms with Gasteiger partial charge in [-0.25, -0.2) is 4.39 Å². The van der Waals surface area contributed by atoms with Crippen LogP contribution in [0.5, 0.6) is 5.75 Å². The molecule has 0 spiro atoms. The van der Waals surface area contributed by atoms with E-state index in [2.05, 4.69) is 0 Å². The second-order valence-corrected chi connectivity index (χ2v) is 4.25. The van der Waals surface area contributed by atoms with E-state index in [0.29, 0.717) is 10.8 Å². The smallest absolute Gasteiger partial charge is 0.138 e. The second kappa shape index (κ2) is 5.85. The summed E-state index contributed by atoms with van der Waals surface area (Å²) in [4.78, 5) is 0. The maximum absolute atomic E-state index is 13.0. The Labute approximate surface area is 110 Å². The number of halogens is 2. The van der Waals surface area contributed by atoms with Crippen LogP contribution in [-0.4, -0.2) is 5.11 Å². The van der Waals surface area contributed by atoms with Crippen LogP contribution in [0.1, 0.15) is 11.1 Å². The first kappa shape index (κ1) is 12.9. The molecule has 18 heavy (non-hydrogen) atoms. The molecule has 0 aliphatic carbocycles. The molecule has 2 nitrogen and oxygen atoms in total. The normalized spacial score (nSPS) is 10.4. The third-order valence-corrected chi connectivity index (χ3v) is 2.76. The fraction of sp³-hybridized carbons (Fsp3) is 0.143. The van der Waals surface area contributed by atoms with E-state index >= 15 is 0 Å². The summed E-state index contributed by atoms with van der Waals surface area (Å²) in [7, 11) is 0. The molecule has 1 N–H and O–H groups in total. The van der Waals surface area contributed by atoms with E-state index < -0.39 is 0 Å². The van der Waals surface area contributed by atoms with Gasteiger partial charge in [0.2, 0.25) is 0 Å². The van der Waals surface area contributed by atoms with Crippen molar-refractivity contribution >= 4 is 11.6 Å². The van der Waals surface area contributed by atoms with E-state index in [9.17, 15) is 4.39 Å². The second-order valence-electron chi connectivity index (χ2n) is 3.84. The lowest BCUT2D eigenvalue weighted by Gasteiger charge is -2.09. The molecule has 0 unspecified atom stereocenters. The first-order valence-corrected chi connectivity index (χ1v) is 5.83. The van der Waals surface area contributed by atoms with Crippen LogP contribution in [0.3, 0.4) is 0 Å². The summed E-state index contributed by atoms with van der Waals surface area (Å²) in [5.74, 6) is 0.218. The van der Waals surface area contributed by atoms with E-state index in [0.717, 1.165) is 11.1 Å². The fourth-order valence-corrected chi connectivity index (χ4v) is 1.81. The van der Waals surface area contributed by atoms with Crippen molar-refractivity contribution in [2.24, 2.45) is 0 Å². The number of aliphatic hydroxyl groups is 1. The SMILES string of the molecule is OCc1ccc(OCc2cccc(F)c2)c(Cl)c1. The minimum atomic E-state index is -0.294. The van der Waals surface area contributed by atoms with Crippen LogP contribution in [0.25, 0.3) is 0 Å². The van der Waals surface area contributed by atoms with E-state index in [4.69, 9.17) is 21.4 Å². The molecule has 94 valence electrons. The fourth-order valence-electron chi connectivity index (χ4n) is 1.55. The highest BCUT2D eigenvalue weighted by atomic mass is 35.5. The van der Waals surface area contributed by atoms with E-state index in [1.165, 1.54) is 12.1 Å². The Bertz CT molecular complexity index is 543. The third-order valence-electron chi connectivity index (χ3n) is 2.46. The third kappa shape index (κ3) is 3.22. The average Bonchev–Trinajstić information content (AvgIpc) is 2.37. The molecular weight excluding hydrogens is 255 g/mol. The zero-order chi connectivity index (χ0) is 13.0. The van der Waals surface area contributed by atoms with Gasteiger partial charge in [-0.1, -0.05) is 29.8 Å². The van der Waals surface area contributed by atoms with Crippen LogP contribution >= 0.6 is 11.6 Å². The number of aliphatic hydroxyl groups excluding tert-OH is 1. The van der Waals surface area contributed by atoms with Crippen LogP contribution in [-0.2, 0) is 13.2 Å². The summed E-state index contributed by atoms with van der Waals surface area (Å²) in [6.45, 7) is 0.180. The van der Waals surface area contributed by atoms with Crippen molar-refractivity contribution in [2.75, 3.05) is 0 Å². The molecule has 0 atom stereocenters. The largest absolute Gasteiger partial charge is 0.487 e. The predicted octanol–water partition coefficient (Wildman–Crippen LogP) is 3.55. The van der Waals surface area contributed by atoms with Crippen molar-refractivity contribution in [3.63, 3.8) is 0 Å². The molecule has 0 aliphatic rings. The summed E-state index contributed by atoms with van der Waals surface area (Å²) < 4.78 is 18.5. The minimum absolute atomic E-state index is 0.0656. The minimum Gasteiger partial charge on any atom is -0.487 e. The molecule has 0 fully saturated rings. The van der Waals surface area contributed by atoms with Gasteiger partial charge >= 0.3 is 0 Å². The zero-order valence-electron chi connectivity index (χ0n) is 9.57. The highest BCUT2D eigenvalue weighted by Crippen LogP contribution is 2.26. The Morgan fingerprint density at radius 1 is 1.11 bits per heavy atom. The highest BCUT2D eigenvalue weighted by molar-refractivity contribution is 6.32. The van der Waals surface area contributed by atoms with Crippen molar-refractivity contribution in [2.45, 2.75) is 13.2 Å². The number of rotatable bonds is 4. The summed E-state index contributed by atoms with van der Waals surface area (Å²) >= 11 is 6.00. The van der Waals surface area contributed by atoms with Gasteiger partial charge < -0.3 is 9.84 Å². The molecule has 2 aromatic carbocycles. The zero-order valence-corrected chi connectivity index (χ0v) is 10.3. The Morgan fingerprint density at radius 3 is 2.61 bits per heavy atom. The summed E-state index contributed by atoms with van der Waals surface area (Å²) in [6, 6.07) is 11.3. The first-order chi connectivity index (χ1) is 8.69. The maximum Gasteiger partial charge on any atom is 0.138 e. The number of hydrogen-bond donors (Lipinski definition) is 1. The van der Waals surface area contributed by atoms with Gasteiger partial charge in [0.1, 0.15) is 18.2 Å². The molecular formula is C14H12ClFO2. The van der Waals surface area contributed by atoms with Gasteiger partial charge in [-0.3, -0.25) is 0 Å². The van der Waals surface area contributed by atoms with E-state index in [1.807, 2.05) is 0 Å². The maximum atomic E-state index is 13.0. The molecule has 0 bridgehead atoms. The highest BCUT2D eigenvalue weighted by Gasteiger charge is 2.03. The Hall–Kier alpha value is -1.58. The van der Waals surface area contributed by atoms with Crippen LogP contribution in [0, 0.1) is 5.82 Å². The Kier molecular flexibility index (Phi) is 4.18. The number of benzene rings is 2. The topological polar surface area (TPSA) is 29.5 Å². The van der Waals surface area contributed by atoms with Crippen LogP contribution in [0.2, 0.25) is 5.02 Å². The molecule has 2 rings (SSSR count). The predicted molar refractivity (Wildman–Crippen MR) is 68.1 cm³/mol. The lowest BCUT2D eigenvalue weighted by molar-refractivity contribution is 0.280. The van der Waals surface area contributed by atoms with Crippen LogP contribution < -0.4 is 4.74 Å². The lowest BCUT2D eigenvalue weighted by Crippen LogP contribution is -1.97. The summed E-state index contributed by atoms with van der Waals surface area (Å²) in [5, 5.41) is 9.38. The van der Waals surface area contributed by atoms with Crippen LogP contribution in [0.4, 0.5) is 4.39 Å². The molecule has 0 amide bonds. The van der Waals surface area contributed by atoms with Gasteiger partial charge in [-0.15, -0.1) is 0 Å². The van der Waals surface area contributed by atoms with Crippen molar-refractivity contribution in [3.8, 4) is 5.75 Å². The molecule has 0 radical (unpaired) electrons. The Morgan fingerprint density at radius 2 is 1.94 bits per heavy atom. The van der Waals surface area contributed by atoms with Crippen molar-refractivity contribution in [3.05, 3.63) is 64.4 Å². The monoisotopic (exact) mass is 266 g/mol. The number of hydrogen-bond acceptors (Lipinski definition) is 2. The molecule has 0 aliphatic heterocycles. The summed E-state index contributed by atoms with van der Waals surface area (Å²) in [6.07, 6.45) is 0. The van der Waals surface area contributed by atoms with Gasteiger partial charge in [0.05, 0.1) is 11.6 Å². The standard InChI is InChI=1S/C14H12ClFO2/c15-13-7-10(8-17)4-5-14(13)18-9-11-2-1-3-12(16)6-11/h1-7,17H,8-9H2. The van der Waals surface area contributed by atoms with Gasteiger partial charge in [0.15, 0.2) is 0 Å². The molecule has 4 heteroatoms.